The fraction of sp³-hybridized carbons (Fsp3) is 0.400. The van der Waals surface area contributed by atoms with E-state index in [0.29, 0.717) is 10.8 Å². The number of para-hydroxylation sites is 1. The minimum Gasteiger partial charge on any atom is -0.482 e. The molecule has 1 aromatic heterocycles. The second-order valence-corrected chi connectivity index (χ2v) is 7.94. The van der Waals surface area contributed by atoms with Gasteiger partial charge in [-0.05, 0) is 24.0 Å². The lowest BCUT2D eigenvalue weighted by molar-refractivity contribution is -0.150. The summed E-state index contributed by atoms with van der Waals surface area (Å²) in [6.45, 7) is 7.14. The van der Waals surface area contributed by atoms with Crippen LogP contribution in [-0.4, -0.2) is 30.0 Å². The molecule has 1 atom stereocenters. The zero-order chi connectivity index (χ0) is 20.0. The van der Waals surface area contributed by atoms with E-state index in [1.807, 2.05) is 24.3 Å². The summed E-state index contributed by atoms with van der Waals surface area (Å²) in [6.07, 6.45) is 0. The number of benzene rings is 1. The normalized spacial score (nSPS) is 12.1. The number of esters is 1. The second kappa shape index (κ2) is 8.78. The topological polar surface area (TPSA) is 89.3 Å². The van der Waals surface area contributed by atoms with E-state index in [0.717, 1.165) is 11.3 Å². The second-order valence-electron chi connectivity index (χ2n) is 7.05. The Morgan fingerprint density at radius 2 is 1.96 bits per heavy atom. The summed E-state index contributed by atoms with van der Waals surface area (Å²) in [5.74, 6) is -1.60. The first kappa shape index (κ1) is 20.6. The smallest absolute Gasteiger partial charge is 0.344 e. The minimum absolute atomic E-state index is 0.137. The van der Waals surface area contributed by atoms with E-state index in [-0.39, 0.29) is 12.0 Å². The fourth-order valence-corrected chi connectivity index (χ4v) is 3.26. The largest absolute Gasteiger partial charge is 0.482 e. The van der Waals surface area contributed by atoms with Crippen molar-refractivity contribution >= 4 is 23.1 Å². The van der Waals surface area contributed by atoms with E-state index < -0.39 is 24.3 Å². The third kappa shape index (κ3) is 5.63. The first-order valence-electron chi connectivity index (χ1n) is 8.44. The van der Waals surface area contributed by atoms with E-state index in [4.69, 9.17) is 9.47 Å². The van der Waals surface area contributed by atoms with Gasteiger partial charge in [-0.3, -0.25) is 4.79 Å². The number of carbonyl (C=O) groups is 2. The van der Waals surface area contributed by atoms with Crippen LogP contribution >= 0.6 is 11.3 Å². The van der Waals surface area contributed by atoms with E-state index in [9.17, 15) is 14.9 Å². The number of aromatic nitrogens is 1. The van der Waals surface area contributed by atoms with Gasteiger partial charge in [0, 0.05) is 11.1 Å². The zero-order valence-corrected chi connectivity index (χ0v) is 16.6. The molecule has 2 aromatic rings. The summed E-state index contributed by atoms with van der Waals surface area (Å²) < 4.78 is 10.5. The summed E-state index contributed by atoms with van der Waals surface area (Å²) in [7, 11) is 0. The van der Waals surface area contributed by atoms with Gasteiger partial charge in [0.05, 0.1) is 6.07 Å². The molecule has 0 aliphatic carbocycles. The third-order valence-corrected chi connectivity index (χ3v) is 4.78. The maximum Gasteiger partial charge on any atom is 0.344 e. The van der Waals surface area contributed by atoms with Crippen LogP contribution in [0.3, 0.4) is 0 Å². The molecule has 1 aromatic carbocycles. The number of hydrogen-bond acceptors (Lipinski definition) is 7. The highest BCUT2D eigenvalue weighted by Gasteiger charge is 2.25. The molecule has 27 heavy (non-hydrogen) atoms. The van der Waals surface area contributed by atoms with Gasteiger partial charge in [-0.1, -0.05) is 39.0 Å². The third-order valence-electron chi connectivity index (χ3n) is 3.75. The van der Waals surface area contributed by atoms with Gasteiger partial charge in [-0.25, -0.2) is 9.78 Å². The average molecular weight is 386 g/mol. The Morgan fingerprint density at radius 3 is 2.56 bits per heavy atom. The van der Waals surface area contributed by atoms with E-state index in [1.165, 1.54) is 11.3 Å². The standard InChI is InChI=1S/C20H22N2O4S/c1-13-12-27-19(22-13)14(9-21)16(23)10-26-18(24)11-25-17-8-6-5-7-15(17)20(2,3)4/h5-8,12,14H,10-11H2,1-4H3/t14-/m0/s1. The van der Waals surface area contributed by atoms with Crippen LogP contribution in [0.15, 0.2) is 29.6 Å². The molecule has 6 nitrogen and oxygen atoms in total. The molecule has 0 aliphatic rings. The minimum atomic E-state index is -1.03. The molecule has 0 bridgehead atoms. The molecule has 142 valence electrons. The maximum absolute atomic E-state index is 12.2. The van der Waals surface area contributed by atoms with Crippen molar-refractivity contribution in [1.82, 2.24) is 4.98 Å². The Balaban J connectivity index is 1.90. The predicted octanol–water partition coefficient (Wildman–Crippen LogP) is 3.55. The number of thiazole rings is 1. The van der Waals surface area contributed by atoms with Crippen molar-refractivity contribution in [3.8, 4) is 11.8 Å². The Kier molecular flexibility index (Phi) is 6.70. The molecular weight excluding hydrogens is 364 g/mol. The van der Waals surface area contributed by atoms with Crippen molar-refractivity contribution < 1.29 is 19.1 Å². The number of ketones is 1. The summed E-state index contributed by atoms with van der Waals surface area (Å²) >= 11 is 1.24. The number of nitriles is 1. The molecule has 0 saturated heterocycles. The maximum atomic E-state index is 12.2. The first-order valence-corrected chi connectivity index (χ1v) is 9.32. The molecular formula is C20H22N2O4S. The van der Waals surface area contributed by atoms with Crippen molar-refractivity contribution in [1.29, 1.82) is 5.26 Å². The van der Waals surface area contributed by atoms with Crippen molar-refractivity contribution in [3.05, 3.63) is 45.9 Å². The predicted molar refractivity (Wildman–Crippen MR) is 102 cm³/mol. The van der Waals surface area contributed by atoms with Crippen LogP contribution in [0.5, 0.6) is 5.75 Å². The van der Waals surface area contributed by atoms with E-state index >= 15 is 0 Å². The molecule has 0 fully saturated rings. The summed E-state index contributed by atoms with van der Waals surface area (Å²) in [6, 6.07) is 9.38. The number of nitrogens with zero attached hydrogens (tertiary/aromatic N) is 2. The van der Waals surface area contributed by atoms with Gasteiger partial charge in [0.1, 0.15) is 10.8 Å². The summed E-state index contributed by atoms with van der Waals surface area (Å²) in [5, 5.41) is 11.4. The van der Waals surface area contributed by atoms with Crippen molar-refractivity contribution in [2.24, 2.45) is 0 Å². The molecule has 0 spiro atoms. The van der Waals surface area contributed by atoms with Crippen molar-refractivity contribution in [3.63, 3.8) is 0 Å². The van der Waals surface area contributed by atoms with Crippen LogP contribution in [0.1, 0.15) is 43.0 Å². The number of rotatable bonds is 7. The SMILES string of the molecule is Cc1csc([C@@H](C#N)C(=O)COC(=O)COc2ccccc2C(C)(C)C)n1. The molecule has 0 unspecified atom stereocenters. The lowest BCUT2D eigenvalue weighted by atomic mass is 9.86. The average Bonchev–Trinajstić information content (AvgIpc) is 3.04. The molecule has 0 aliphatic heterocycles. The van der Waals surface area contributed by atoms with Crippen LogP contribution in [-0.2, 0) is 19.7 Å². The van der Waals surface area contributed by atoms with Crippen LogP contribution in [0, 0.1) is 18.3 Å². The Hall–Kier alpha value is -2.72. The van der Waals surface area contributed by atoms with Crippen molar-refractivity contribution in [2.45, 2.75) is 39.0 Å². The summed E-state index contributed by atoms with van der Waals surface area (Å²) in [5.41, 5.74) is 1.58. The quantitative estimate of drug-likeness (QED) is 0.676. The number of aryl methyl sites for hydroxylation is 1. The van der Waals surface area contributed by atoms with Crippen LogP contribution in [0.4, 0.5) is 0 Å². The fourth-order valence-electron chi connectivity index (χ4n) is 2.40. The van der Waals surface area contributed by atoms with Gasteiger partial charge in [0.25, 0.3) is 0 Å². The molecule has 1 heterocycles. The van der Waals surface area contributed by atoms with Gasteiger partial charge in [0.15, 0.2) is 24.9 Å². The van der Waals surface area contributed by atoms with E-state index in [1.54, 1.807) is 18.4 Å². The molecule has 0 amide bonds. The Morgan fingerprint density at radius 1 is 1.26 bits per heavy atom. The monoisotopic (exact) mass is 386 g/mol. The van der Waals surface area contributed by atoms with Gasteiger partial charge in [0.2, 0.25) is 0 Å². The highest BCUT2D eigenvalue weighted by atomic mass is 32.1. The number of ether oxygens (including phenoxy) is 2. The number of Topliss-reactive ketones (excluding diaryl/α,β-unsaturated/α-hetero) is 1. The molecule has 0 N–H and O–H groups in total. The molecule has 2 rings (SSSR count). The van der Waals surface area contributed by atoms with Crippen LogP contribution in [0.25, 0.3) is 0 Å². The lowest BCUT2D eigenvalue weighted by Crippen LogP contribution is -2.23. The molecule has 7 heteroatoms. The van der Waals surface area contributed by atoms with Crippen LogP contribution < -0.4 is 4.74 Å². The molecule has 0 saturated carbocycles. The lowest BCUT2D eigenvalue weighted by Gasteiger charge is -2.22. The van der Waals surface area contributed by atoms with Crippen LogP contribution in [0.2, 0.25) is 0 Å². The van der Waals surface area contributed by atoms with E-state index in [2.05, 4.69) is 25.8 Å². The first-order chi connectivity index (χ1) is 12.7. The number of hydrogen-bond donors (Lipinski definition) is 0. The highest BCUT2D eigenvalue weighted by Crippen LogP contribution is 2.30. The van der Waals surface area contributed by atoms with Gasteiger partial charge in [-0.2, -0.15) is 5.26 Å². The Labute approximate surface area is 162 Å². The van der Waals surface area contributed by atoms with Gasteiger partial charge < -0.3 is 9.47 Å². The summed E-state index contributed by atoms with van der Waals surface area (Å²) in [4.78, 5) is 28.3. The Bertz CT molecular complexity index is 861. The van der Waals surface area contributed by atoms with Crippen molar-refractivity contribution in [2.75, 3.05) is 13.2 Å². The zero-order valence-electron chi connectivity index (χ0n) is 15.8. The van der Waals surface area contributed by atoms with Gasteiger partial charge >= 0.3 is 5.97 Å². The van der Waals surface area contributed by atoms with Gasteiger partial charge in [-0.15, -0.1) is 11.3 Å². The molecule has 0 radical (unpaired) electrons. The highest BCUT2D eigenvalue weighted by molar-refractivity contribution is 7.09. The number of carbonyl (C=O) groups excluding carboxylic acids is 2.